The van der Waals surface area contributed by atoms with Crippen LogP contribution in [0.3, 0.4) is 0 Å². The molecular weight excluding hydrogens is 354 g/mol. The summed E-state index contributed by atoms with van der Waals surface area (Å²) < 4.78 is 0. The van der Waals surface area contributed by atoms with Gasteiger partial charge in [0.25, 0.3) is 0 Å². The lowest BCUT2D eigenvalue weighted by Crippen LogP contribution is -2.31. The highest BCUT2D eigenvalue weighted by molar-refractivity contribution is 5.83. The van der Waals surface area contributed by atoms with E-state index in [-0.39, 0.29) is 12.6 Å². The molecule has 4 N–H and O–H groups in total. The summed E-state index contributed by atoms with van der Waals surface area (Å²) in [4.78, 5) is 16.0. The Morgan fingerprint density at radius 1 is 1.29 bits per heavy atom. The van der Waals surface area contributed by atoms with E-state index >= 15 is 0 Å². The number of aryl methyl sites for hydroxylation is 2. The number of rotatable bonds is 8. The van der Waals surface area contributed by atoms with E-state index in [4.69, 9.17) is 4.98 Å². The third-order valence-electron chi connectivity index (χ3n) is 5.06. The van der Waals surface area contributed by atoms with Crippen molar-refractivity contribution in [3.8, 4) is 0 Å². The van der Waals surface area contributed by atoms with E-state index in [1.165, 1.54) is 5.56 Å². The third kappa shape index (κ3) is 4.27. The molecule has 0 radical (unpaired) electrons. The number of nitrogens with zero attached hydrogens (tertiary/aromatic N) is 4. The van der Waals surface area contributed by atoms with E-state index in [0.717, 1.165) is 35.0 Å². The van der Waals surface area contributed by atoms with Crippen LogP contribution in [0.4, 0.5) is 23.3 Å². The lowest BCUT2D eigenvalue weighted by molar-refractivity contribution is 0.271. The van der Waals surface area contributed by atoms with Crippen LogP contribution in [-0.2, 0) is 6.54 Å². The van der Waals surface area contributed by atoms with Gasteiger partial charge in [0.15, 0.2) is 11.6 Å². The molecule has 3 rings (SSSR count). The van der Waals surface area contributed by atoms with Crippen LogP contribution >= 0.6 is 0 Å². The quantitative estimate of drug-likeness (QED) is 0.551. The summed E-state index contributed by atoms with van der Waals surface area (Å²) in [5.41, 5.74) is 4.26. The summed E-state index contributed by atoms with van der Waals surface area (Å²) in [5, 5.41) is 19.6. The lowest BCUT2D eigenvalue weighted by atomic mass is 10.1. The number of pyridine rings is 1. The number of aromatic nitrogens is 3. The van der Waals surface area contributed by atoms with Crippen molar-refractivity contribution in [1.82, 2.24) is 15.0 Å². The fourth-order valence-electron chi connectivity index (χ4n) is 3.23. The Kier molecular flexibility index (Phi) is 6.18. The van der Waals surface area contributed by atoms with Gasteiger partial charge in [0.1, 0.15) is 5.69 Å². The third-order valence-corrected chi connectivity index (χ3v) is 5.06. The maximum atomic E-state index is 9.53. The number of aliphatic hydroxyl groups is 1. The molecule has 0 aromatic carbocycles. The second-order valence-corrected chi connectivity index (χ2v) is 7.53. The summed E-state index contributed by atoms with van der Waals surface area (Å²) >= 11 is 0. The number of anilines is 4. The molecule has 1 unspecified atom stereocenters. The molecule has 1 aliphatic rings. The zero-order valence-electron chi connectivity index (χ0n) is 17.4. The van der Waals surface area contributed by atoms with Crippen LogP contribution in [0.1, 0.15) is 44.0 Å². The zero-order valence-corrected chi connectivity index (χ0v) is 17.4. The van der Waals surface area contributed by atoms with Crippen molar-refractivity contribution in [3.05, 3.63) is 29.1 Å². The Balaban J connectivity index is 1.90. The van der Waals surface area contributed by atoms with Crippen molar-refractivity contribution in [1.29, 1.82) is 0 Å². The second-order valence-electron chi connectivity index (χ2n) is 7.53. The molecule has 3 heterocycles. The predicted molar refractivity (Wildman–Crippen MR) is 114 cm³/mol. The highest BCUT2D eigenvalue weighted by atomic mass is 16.3. The Bertz CT molecular complexity index is 820. The average molecular weight is 386 g/mol. The molecule has 152 valence electrons. The van der Waals surface area contributed by atoms with E-state index in [2.05, 4.69) is 57.7 Å². The van der Waals surface area contributed by atoms with E-state index in [9.17, 15) is 5.11 Å². The Hall–Kier alpha value is -2.61. The van der Waals surface area contributed by atoms with Gasteiger partial charge in [-0.05, 0) is 51.3 Å². The largest absolute Gasteiger partial charge is 0.394 e. The zero-order chi connectivity index (χ0) is 20.3. The number of hydrogen-bond donors (Lipinski definition) is 4. The predicted octanol–water partition coefficient (Wildman–Crippen LogP) is 2.88. The monoisotopic (exact) mass is 385 g/mol. The minimum atomic E-state index is -0.0729. The van der Waals surface area contributed by atoms with Crippen molar-refractivity contribution in [3.63, 3.8) is 0 Å². The van der Waals surface area contributed by atoms with Crippen molar-refractivity contribution < 1.29 is 5.11 Å². The van der Waals surface area contributed by atoms with Crippen LogP contribution in [-0.4, -0.2) is 45.4 Å². The summed E-state index contributed by atoms with van der Waals surface area (Å²) in [7, 11) is 0. The highest BCUT2D eigenvalue weighted by Crippen LogP contribution is 2.37. The van der Waals surface area contributed by atoms with Crippen LogP contribution in [0, 0.1) is 13.8 Å². The van der Waals surface area contributed by atoms with Crippen molar-refractivity contribution in [2.45, 2.75) is 59.7 Å². The molecule has 0 saturated heterocycles. The fraction of sp³-hybridized carbons (Fsp3) is 0.550. The molecule has 28 heavy (non-hydrogen) atoms. The van der Waals surface area contributed by atoms with Crippen molar-refractivity contribution in [2.75, 3.05) is 34.1 Å². The second kappa shape index (κ2) is 8.60. The number of hydrogen-bond acceptors (Lipinski definition) is 8. The van der Waals surface area contributed by atoms with Crippen LogP contribution in [0.25, 0.3) is 0 Å². The van der Waals surface area contributed by atoms with Gasteiger partial charge in [-0.1, -0.05) is 6.92 Å². The van der Waals surface area contributed by atoms with Gasteiger partial charge in [-0.25, -0.2) is 0 Å². The molecule has 0 amide bonds. The SMILES string of the molecule is CCC(CO)Nc1nc(NCc2cnc(C)cc2C)c2c(n1)N(C(C)C)CN2. The first-order valence-corrected chi connectivity index (χ1v) is 9.88. The van der Waals surface area contributed by atoms with Gasteiger partial charge in [-0.2, -0.15) is 9.97 Å². The molecule has 2 aromatic rings. The van der Waals surface area contributed by atoms with Gasteiger partial charge >= 0.3 is 0 Å². The molecule has 1 atom stereocenters. The molecular formula is C20H31N7O. The van der Waals surface area contributed by atoms with Crippen molar-refractivity contribution in [2.24, 2.45) is 0 Å². The van der Waals surface area contributed by atoms with E-state index in [1.54, 1.807) is 0 Å². The molecule has 0 aliphatic carbocycles. The number of aliphatic hydroxyl groups excluding tert-OH is 1. The molecule has 0 fully saturated rings. The summed E-state index contributed by atoms with van der Waals surface area (Å²) in [6, 6.07) is 2.32. The Morgan fingerprint density at radius 3 is 2.71 bits per heavy atom. The topological polar surface area (TPSA) is 98.2 Å². The van der Waals surface area contributed by atoms with Gasteiger partial charge < -0.3 is 26.0 Å². The van der Waals surface area contributed by atoms with Crippen LogP contribution in [0.5, 0.6) is 0 Å². The minimum absolute atomic E-state index is 0.0417. The minimum Gasteiger partial charge on any atom is -0.394 e. The molecule has 0 saturated carbocycles. The Labute approximate surface area is 166 Å². The standard InChI is InChI=1S/C20H31N7O/c1-6-16(10-28)24-20-25-18(17-19(26-20)27(11-23-17)12(2)3)22-9-15-8-21-14(5)7-13(15)4/h7-8,12,16,23,28H,6,9-11H2,1-5H3,(H2,22,24,25,26). The maximum absolute atomic E-state index is 9.53. The van der Waals surface area contributed by atoms with Crippen LogP contribution in [0.15, 0.2) is 12.3 Å². The van der Waals surface area contributed by atoms with Gasteiger partial charge in [-0.15, -0.1) is 0 Å². The first-order valence-electron chi connectivity index (χ1n) is 9.88. The number of nitrogens with one attached hydrogen (secondary N) is 3. The molecule has 0 bridgehead atoms. The summed E-state index contributed by atoms with van der Waals surface area (Å²) in [5.74, 6) is 2.15. The van der Waals surface area contributed by atoms with Gasteiger partial charge in [-0.3, -0.25) is 4.98 Å². The molecule has 2 aromatic heterocycles. The normalized spacial score (nSPS) is 14.0. The first kappa shape index (κ1) is 20.1. The lowest BCUT2D eigenvalue weighted by Gasteiger charge is -2.22. The Morgan fingerprint density at radius 2 is 2.07 bits per heavy atom. The van der Waals surface area contributed by atoms with E-state index < -0.39 is 0 Å². The molecule has 1 aliphatic heterocycles. The van der Waals surface area contributed by atoms with Gasteiger partial charge in [0.05, 0.1) is 19.3 Å². The van der Waals surface area contributed by atoms with Crippen LogP contribution < -0.4 is 20.9 Å². The fourth-order valence-corrected chi connectivity index (χ4v) is 3.23. The maximum Gasteiger partial charge on any atom is 0.227 e. The van der Waals surface area contributed by atoms with E-state index in [1.807, 2.05) is 20.0 Å². The van der Waals surface area contributed by atoms with Crippen LogP contribution in [0.2, 0.25) is 0 Å². The van der Waals surface area contributed by atoms with Crippen molar-refractivity contribution >= 4 is 23.3 Å². The van der Waals surface area contributed by atoms with Gasteiger partial charge in [0.2, 0.25) is 5.95 Å². The highest BCUT2D eigenvalue weighted by Gasteiger charge is 2.27. The van der Waals surface area contributed by atoms with Gasteiger partial charge in [0, 0.05) is 24.5 Å². The average Bonchev–Trinajstić information content (AvgIpc) is 3.09. The number of fused-ring (bicyclic) bond motifs is 1. The summed E-state index contributed by atoms with van der Waals surface area (Å²) in [6.07, 6.45) is 2.70. The first-order chi connectivity index (χ1) is 13.4. The molecule has 8 heteroatoms. The van der Waals surface area contributed by atoms with E-state index in [0.29, 0.717) is 25.2 Å². The smallest absolute Gasteiger partial charge is 0.227 e. The molecule has 8 nitrogen and oxygen atoms in total. The molecule has 0 spiro atoms. The summed E-state index contributed by atoms with van der Waals surface area (Å²) in [6.45, 7) is 11.8.